The number of carbonyl (C=O) groups excluding carboxylic acids is 4. The van der Waals surface area contributed by atoms with E-state index < -0.39 is 35.5 Å². The topological polar surface area (TPSA) is 105 Å². The van der Waals surface area contributed by atoms with Crippen molar-refractivity contribution >= 4 is 23.9 Å². The molecule has 8 nitrogen and oxygen atoms in total. The van der Waals surface area contributed by atoms with Crippen LogP contribution >= 0.6 is 0 Å². The Bertz CT molecular complexity index is 895. The van der Waals surface area contributed by atoms with Gasteiger partial charge in [0.1, 0.15) is 11.1 Å². The van der Waals surface area contributed by atoms with Crippen LogP contribution < -0.4 is 0 Å². The highest BCUT2D eigenvalue weighted by molar-refractivity contribution is 6.16. The predicted molar refractivity (Wildman–Crippen MR) is 115 cm³/mol. The molecule has 0 aromatic carbocycles. The van der Waals surface area contributed by atoms with Crippen LogP contribution in [0.4, 0.5) is 0 Å². The van der Waals surface area contributed by atoms with Crippen LogP contribution in [0.5, 0.6) is 0 Å². The average molecular weight is 456 g/mol. The van der Waals surface area contributed by atoms with Crippen molar-refractivity contribution < 1.29 is 38.1 Å². The van der Waals surface area contributed by atoms with Gasteiger partial charge >= 0.3 is 23.9 Å². The number of hydrogen-bond acceptors (Lipinski definition) is 8. The molecule has 0 radical (unpaired) electrons. The van der Waals surface area contributed by atoms with Gasteiger partial charge in [0, 0.05) is 25.7 Å². The summed E-state index contributed by atoms with van der Waals surface area (Å²) in [6, 6.07) is 0. The van der Waals surface area contributed by atoms with Crippen molar-refractivity contribution in [3.8, 4) is 0 Å². The molecule has 0 aromatic heterocycles. The predicted octanol–water partition coefficient (Wildman–Crippen LogP) is 3.86. The molecule has 4 fully saturated rings. The first-order valence-electron chi connectivity index (χ1n) is 11.6. The molecule has 0 amide bonds. The fraction of sp³-hybridized carbons (Fsp3) is 0.520. The van der Waals surface area contributed by atoms with Gasteiger partial charge in [-0.25, -0.2) is 19.2 Å². The van der Waals surface area contributed by atoms with Crippen molar-refractivity contribution in [3.63, 3.8) is 0 Å². The normalized spacial score (nSPS) is 24.6. The van der Waals surface area contributed by atoms with Gasteiger partial charge in [-0.05, 0) is 38.2 Å². The molecule has 33 heavy (non-hydrogen) atoms. The summed E-state index contributed by atoms with van der Waals surface area (Å²) >= 11 is 0. The van der Waals surface area contributed by atoms with Gasteiger partial charge in [-0.3, -0.25) is 0 Å². The summed E-state index contributed by atoms with van der Waals surface area (Å²) in [4.78, 5) is 49.0. The lowest BCUT2D eigenvalue weighted by Gasteiger charge is -2.38. The lowest BCUT2D eigenvalue weighted by atomic mass is 9.93. The maximum Gasteiger partial charge on any atom is 0.348 e. The van der Waals surface area contributed by atoms with E-state index in [1.54, 1.807) is 18.2 Å². The molecule has 2 saturated carbocycles. The van der Waals surface area contributed by atoms with Gasteiger partial charge in [-0.15, -0.1) is 0 Å². The van der Waals surface area contributed by atoms with E-state index in [1.807, 2.05) is 0 Å². The first-order chi connectivity index (χ1) is 15.9. The summed E-state index contributed by atoms with van der Waals surface area (Å²) in [7, 11) is 0. The zero-order chi connectivity index (χ0) is 23.3. The van der Waals surface area contributed by atoms with Crippen molar-refractivity contribution in [1.82, 2.24) is 0 Å². The Morgan fingerprint density at radius 1 is 0.576 bits per heavy atom. The van der Waals surface area contributed by atoms with E-state index in [2.05, 4.69) is 0 Å². The van der Waals surface area contributed by atoms with E-state index in [9.17, 15) is 19.2 Å². The van der Waals surface area contributed by atoms with Crippen LogP contribution in [-0.2, 0) is 38.1 Å². The SMILES string of the molecule is O=C1OC2(CCCCC2)OC(=O)C1=CC=C/C=C/CC=C1C(=O)OC2(CCCCC2)OC1=O. The van der Waals surface area contributed by atoms with Crippen LogP contribution in [-0.4, -0.2) is 35.5 Å². The molecule has 2 saturated heterocycles. The molecular formula is C25H28O8. The largest absolute Gasteiger partial charge is 0.419 e. The van der Waals surface area contributed by atoms with E-state index in [-0.39, 0.29) is 11.1 Å². The minimum absolute atomic E-state index is 0.105. The molecule has 0 aromatic rings. The summed E-state index contributed by atoms with van der Waals surface area (Å²) in [5.74, 6) is -4.82. The highest BCUT2D eigenvalue weighted by Gasteiger charge is 2.47. The molecule has 0 N–H and O–H groups in total. The number of hydrogen-bond donors (Lipinski definition) is 0. The fourth-order valence-electron chi connectivity index (χ4n) is 4.55. The molecule has 8 heteroatoms. The first kappa shape index (κ1) is 23.0. The van der Waals surface area contributed by atoms with Gasteiger partial charge in [0.15, 0.2) is 0 Å². The third kappa shape index (κ3) is 5.26. The summed E-state index contributed by atoms with van der Waals surface area (Å²) in [5.41, 5.74) is -0.256. The Kier molecular flexibility index (Phi) is 6.81. The zero-order valence-electron chi connectivity index (χ0n) is 18.5. The summed E-state index contributed by atoms with van der Waals surface area (Å²) in [6.45, 7) is 0. The second kappa shape index (κ2) is 9.77. The molecule has 2 aliphatic heterocycles. The molecule has 4 aliphatic rings. The highest BCUT2D eigenvalue weighted by Crippen LogP contribution is 2.38. The number of carbonyl (C=O) groups is 4. The third-order valence-electron chi connectivity index (χ3n) is 6.30. The number of esters is 4. The second-order valence-electron chi connectivity index (χ2n) is 8.75. The highest BCUT2D eigenvalue weighted by atomic mass is 16.8. The molecule has 0 unspecified atom stereocenters. The maximum atomic E-state index is 12.3. The molecule has 0 atom stereocenters. The summed E-state index contributed by atoms with van der Waals surface area (Å²) in [6.07, 6.45) is 17.3. The lowest BCUT2D eigenvalue weighted by Crippen LogP contribution is -2.47. The number of allylic oxidation sites excluding steroid dienone is 6. The lowest BCUT2D eigenvalue weighted by molar-refractivity contribution is -0.246. The minimum atomic E-state index is -1.10. The average Bonchev–Trinajstić information content (AvgIpc) is 2.77. The molecule has 4 rings (SSSR count). The van der Waals surface area contributed by atoms with Crippen molar-refractivity contribution in [2.75, 3.05) is 0 Å². The van der Waals surface area contributed by atoms with E-state index in [0.717, 1.165) is 38.5 Å². The van der Waals surface area contributed by atoms with Gasteiger partial charge < -0.3 is 18.9 Å². The maximum absolute atomic E-state index is 12.3. The quantitative estimate of drug-likeness (QED) is 0.272. The second-order valence-corrected chi connectivity index (χ2v) is 8.75. The van der Waals surface area contributed by atoms with Crippen LogP contribution in [0.2, 0.25) is 0 Å². The molecule has 2 aliphatic carbocycles. The van der Waals surface area contributed by atoms with E-state index >= 15 is 0 Å². The Hall–Kier alpha value is -3.16. The molecule has 2 heterocycles. The standard InChI is InChI=1S/C25H28O8/c26-20-18(21(27)31-24(30-20)14-8-4-9-15-24)12-6-2-1-3-7-13-19-22(28)32-25(33-23(19)29)16-10-5-11-17-25/h1-3,6,12-13H,4-5,7-11,14-17H2/b3-1+,6-2?. The van der Waals surface area contributed by atoms with Crippen molar-refractivity contribution in [3.05, 3.63) is 47.6 Å². The fourth-order valence-corrected chi connectivity index (χ4v) is 4.55. The summed E-state index contributed by atoms with van der Waals surface area (Å²) < 4.78 is 21.7. The first-order valence-corrected chi connectivity index (χ1v) is 11.6. The van der Waals surface area contributed by atoms with Crippen LogP contribution in [0.15, 0.2) is 47.6 Å². The third-order valence-corrected chi connectivity index (χ3v) is 6.30. The molecule has 0 bridgehead atoms. The Balaban J connectivity index is 1.28. The zero-order valence-corrected chi connectivity index (χ0v) is 18.5. The minimum Gasteiger partial charge on any atom is -0.419 e. The van der Waals surface area contributed by atoms with Gasteiger partial charge in [0.05, 0.1) is 0 Å². The van der Waals surface area contributed by atoms with E-state index in [1.165, 1.54) is 18.2 Å². The van der Waals surface area contributed by atoms with E-state index in [0.29, 0.717) is 32.1 Å². The molecule has 2 spiro atoms. The Morgan fingerprint density at radius 2 is 1.03 bits per heavy atom. The van der Waals surface area contributed by atoms with E-state index in [4.69, 9.17) is 18.9 Å². The van der Waals surface area contributed by atoms with Crippen LogP contribution in [0.3, 0.4) is 0 Å². The van der Waals surface area contributed by atoms with Gasteiger partial charge in [0.2, 0.25) is 0 Å². The van der Waals surface area contributed by atoms with Crippen molar-refractivity contribution in [1.29, 1.82) is 0 Å². The number of ether oxygens (including phenoxy) is 4. The van der Waals surface area contributed by atoms with Crippen LogP contribution in [0.25, 0.3) is 0 Å². The Morgan fingerprint density at radius 3 is 1.52 bits per heavy atom. The van der Waals surface area contributed by atoms with Crippen LogP contribution in [0, 0.1) is 0 Å². The number of rotatable bonds is 4. The van der Waals surface area contributed by atoms with Crippen molar-refractivity contribution in [2.24, 2.45) is 0 Å². The van der Waals surface area contributed by atoms with Gasteiger partial charge in [-0.1, -0.05) is 43.2 Å². The van der Waals surface area contributed by atoms with Crippen LogP contribution in [0.1, 0.15) is 70.6 Å². The summed E-state index contributed by atoms with van der Waals surface area (Å²) in [5, 5.41) is 0. The van der Waals surface area contributed by atoms with Crippen molar-refractivity contribution in [2.45, 2.75) is 82.2 Å². The molecule has 176 valence electrons. The van der Waals surface area contributed by atoms with Gasteiger partial charge in [-0.2, -0.15) is 0 Å². The van der Waals surface area contributed by atoms with Gasteiger partial charge in [0.25, 0.3) is 11.6 Å². The Labute approximate surface area is 192 Å². The monoisotopic (exact) mass is 456 g/mol. The smallest absolute Gasteiger partial charge is 0.348 e. The molecular weight excluding hydrogens is 428 g/mol.